The van der Waals surface area contributed by atoms with Gasteiger partial charge in [0, 0.05) is 64.7 Å². The Bertz CT molecular complexity index is 619. The summed E-state index contributed by atoms with van der Waals surface area (Å²) in [6.07, 6.45) is 4.37. The molecule has 0 spiro atoms. The molecule has 1 aromatic carbocycles. The molecule has 2 heterocycles. The summed E-state index contributed by atoms with van der Waals surface area (Å²) in [5.41, 5.74) is 1.38. The monoisotopic (exact) mass is 416 g/mol. The van der Waals surface area contributed by atoms with E-state index in [2.05, 4.69) is 59.7 Å². The van der Waals surface area contributed by atoms with Gasteiger partial charge in [0.1, 0.15) is 0 Å². The van der Waals surface area contributed by atoms with Gasteiger partial charge in [-0.1, -0.05) is 30.3 Å². The van der Waals surface area contributed by atoms with Crippen LogP contribution in [0.15, 0.2) is 35.3 Å². The molecule has 2 N–H and O–H groups in total. The van der Waals surface area contributed by atoms with E-state index in [0.29, 0.717) is 18.0 Å². The highest BCUT2D eigenvalue weighted by molar-refractivity contribution is 5.80. The molecule has 2 aliphatic rings. The lowest BCUT2D eigenvalue weighted by molar-refractivity contribution is 0.0205. The van der Waals surface area contributed by atoms with Crippen LogP contribution in [-0.4, -0.2) is 69.0 Å². The number of nitrogens with one attached hydrogen (secondary N) is 2. The molecule has 0 amide bonds. The number of aliphatic imine (C=N–C) groups is 1. The van der Waals surface area contributed by atoms with Gasteiger partial charge in [-0.05, 0) is 51.0 Å². The van der Waals surface area contributed by atoms with Crippen LogP contribution < -0.4 is 10.6 Å². The number of nitrogens with zero attached hydrogens (tertiary/aromatic N) is 2. The predicted octanol–water partition coefficient (Wildman–Crippen LogP) is 3.04. The van der Waals surface area contributed by atoms with Gasteiger partial charge in [-0.2, -0.15) is 0 Å². The molecule has 0 aromatic heterocycles. The summed E-state index contributed by atoms with van der Waals surface area (Å²) in [7, 11) is 0. The van der Waals surface area contributed by atoms with Crippen LogP contribution in [0, 0.1) is 5.92 Å². The Balaban J connectivity index is 1.36. The number of guanidine groups is 1. The first-order valence-electron chi connectivity index (χ1n) is 11.7. The predicted molar refractivity (Wildman–Crippen MR) is 123 cm³/mol. The van der Waals surface area contributed by atoms with Gasteiger partial charge in [0.15, 0.2) is 5.96 Å². The number of hydrogen-bond donors (Lipinski definition) is 2. The standard InChI is InChI=1S/C24H40N4O2/c1-3-25-24(26-12-7-13-30-19-22-10-14-29-15-11-22)27-23-16-20(2)28(18-23)17-21-8-5-4-6-9-21/h4-6,8-9,20,22-23H,3,7,10-19H2,1-2H3,(H2,25,26,27). The summed E-state index contributed by atoms with van der Waals surface area (Å²) < 4.78 is 11.3. The van der Waals surface area contributed by atoms with Crippen molar-refractivity contribution < 1.29 is 9.47 Å². The molecule has 3 rings (SSSR count). The number of benzene rings is 1. The maximum atomic E-state index is 5.86. The van der Waals surface area contributed by atoms with Gasteiger partial charge >= 0.3 is 0 Å². The van der Waals surface area contributed by atoms with Gasteiger partial charge in [-0.15, -0.1) is 0 Å². The van der Waals surface area contributed by atoms with E-state index in [1.165, 1.54) is 5.56 Å². The fourth-order valence-electron chi connectivity index (χ4n) is 4.28. The van der Waals surface area contributed by atoms with Gasteiger partial charge in [0.25, 0.3) is 0 Å². The zero-order chi connectivity index (χ0) is 21.0. The minimum atomic E-state index is 0.436. The molecule has 0 radical (unpaired) electrons. The molecule has 0 aliphatic carbocycles. The topological polar surface area (TPSA) is 58.1 Å². The quantitative estimate of drug-likeness (QED) is 0.349. The summed E-state index contributed by atoms with van der Waals surface area (Å²) in [6, 6.07) is 11.8. The first-order valence-corrected chi connectivity index (χ1v) is 11.7. The van der Waals surface area contributed by atoms with E-state index in [4.69, 9.17) is 14.5 Å². The van der Waals surface area contributed by atoms with Gasteiger partial charge in [0.05, 0.1) is 0 Å². The molecule has 6 nitrogen and oxygen atoms in total. The second-order valence-corrected chi connectivity index (χ2v) is 8.59. The van der Waals surface area contributed by atoms with E-state index in [9.17, 15) is 0 Å². The molecular weight excluding hydrogens is 376 g/mol. The number of rotatable bonds is 10. The molecule has 1 aromatic rings. The summed E-state index contributed by atoms with van der Waals surface area (Å²) in [5, 5.41) is 7.05. The Hall–Kier alpha value is -1.63. The normalized spacial score (nSPS) is 23.6. The van der Waals surface area contributed by atoms with Crippen LogP contribution >= 0.6 is 0 Å². The van der Waals surface area contributed by atoms with Crippen molar-refractivity contribution in [1.29, 1.82) is 0 Å². The second kappa shape index (κ2) is 12.9. The highest BCUT2D eigenvalue weighted by atomic mass is 16.5. The molecule has 168 valence electrons. The molecule has 2 atom stereocenters. The molecule has 2 aliphatic heterocycles. The van der Waals surface area contributed by atoms with E-state index in [1.807, 2.05) is 0 Å². The van der Waals surface area contributed by atoms with Gasteiger partial charge in [0.2, 0.25) is 0 Å². The van der Waals surface area contributed by atoms with E-state index in [1.54, 1.807) is 0 Å². The fraction of sp³-hybridized carbons (Fsp3) is 0.708. The van der Waals surface area contributed by atoms with Crippen LogP contribution in [0.1, 0.15) is 45.1 Å². The largest absolute Gasteiger partial charge is 0.381 e. The van der Waals surface area contributed by atoms with E-state index in [-0.39, 0.29) is 0 Å². The van der Waals surface area contributed by atoms with Crippen molar-refractivity contribution in [3.8, 4) is 0 Å². The lowest BCUT2D eigenvalue weighted by atomic mass is 10.0. The minimum absolute atomic E-state index is 0.436. The molecule has 2 fully saturated rings. The fourth-order valence-corrected chi connectivity index (χ4v) is 4.28. The smallest absolute Gasteiger partial charge is 0.191 e. The number of ether oxygens (including phenoxy) is 2. The van der Waals surface area contributed by atoms with Gasteiger partial charge in [-0.3, -0.25) is 9.89 Å². The van der Waals surface area contributed by atoms with Gasteiger partial charge in [-0.25, -0.2) is 0 Å². The zero-order valence-electron chi connectivity index (χ0n) is 18.8. The van der Waals surface area contributed by atoms with Crippen LogP contribution in [-0.2, 0) is 16.0 Å². The molecular formula is C24H40N4O2. The van der Waals surface area contributed by atoms with Crippen LogP contribution in [0.4, 0.5) is 0 Å². The molecule has 2 unspecified atom stereocenters. The third kappa shape index (κ3) is 7.89. The first-order chi connectivity index (χ1) is 14.7. The Labute approximate surface area is 182 Å². The Morgan fingerprint density at radius 1 is 1.23 bits per heavy atom. The SMILES string of the molecule is CCNC(=NCCCOCC1CCOCC1)NC1CC(C)N(Cc2ccccc2)C1. The minimum Gasteiger partial charge on any atom is -0.381 e. The van der Waals surface area contributed by atoms with E-state index < -0.39 is 0 Å². The molecule has 6 heteroatoms. The lowest BCUT2D eigenvalue weighted by Crippen LogP contribution is -2.44. The third-order valence-electron chi connectivity index (χ3n) is 6.03. The van der Waals surface area contributed by atoms with Crippen LogP contribution in [0.5, 0.6) is 0 Å². The van der Waals surface area contributed by atoms with Crippen molar-refractivity contribution in [3.63, 3.8) is 0 Å². The molecule has 0 bridgehead atoms. The Kier molecular flexibility index (Phi) is 9.93. The Morgan fingerprint density at radius 3 is 2.80 bits per heavy atom. The average Bonchev–Trinajstić information content (AvgIpc) is 3.10. The van der Waals surface area contributed by atoms with E-state index >= 15 is 0 Å². The summed E-state index contributed by atoms with van der Waals surface area (Å²) >= 11 is 0. The highest BCUT2D eigenvalue weighted by Gasteiger charge is 2.29. The highest BCUT2D eigenvalue weighted by Crippen LogP contribution is 2.20. The summed E-state index contributed by atoms with van der Waals surface area (Å²) in [5.74, 6) is 1.60. The second-order valence-electron chi connectivity index (χ2n) is 8.59. The van der Waals surface area contributed by atoms with Crippen LogP contribution in [0.2, 0.25) is 0 Å². The molecule has 30 heavy (non-hydrogen) atoms. The van der Waals surface area contributed by atoms with Crippen molar-refractivity contribution in [1.82, 2.24) is 15.5 Å². The van der Waals surface area contributed by atoms with Crippen molar-refractivity contribution in [3.05, 3.63) is 35.9 Å². The van der Waals surface area contributed by atoms with Crippen molar-refractivity contribution >= 4 is 5.96 Å². The zero-order valence-corrected chi connectivity index (χ0v) is 18.8. The first kappa shape index (κ1) is 23.0. The maximum absolute atomic E-state index is 5.86. The van der Waals surface area contributed by atoms with Gasteiger partial charge < -0.3 is 20.1 Å². The lowest BCUT2D eigenvalue weighted by Gasteiger charge is -2.21. The van der Waals surface area contributed by atoms with Crippen LogP contribution in [0.3, 0.4) is 0 Å². The van der Waals surface area contributed by atoms with Crippen LogP contribution in [0.25, 0.3) is 0 Å². The van der Waals surface area contributed by atoms with Crippen molar-refractivity contribution in [2.75, 3.05) is 46.1 Å². The van der Waals surface area contributed by atoms with Crippen molar-refractivity contribution in [2.24, 2.45) is 10.9 Å². The van der Waals surface area contributed by atoms with Crippen molar-refractivity contribution in [2.45, 2.75) is 58.2 Å². The Morgan fingerprint density at radius 2 is 2.03 bits per heavy atom. The molecule has 0 saturated carbocycles. The number of hydrogen-bond acceptors (Lipinski definition) is 4. The summed E-state index contributed by atoms with van der Waals surface area (Å²) in [4.78, 5) is 7.33. The summed E-state index contributed by atoms with van der Waals surface area (Å²) in [6.45, 7) is 11.6. The third-order valence-corrected chi connectivity index (χ3v) is 6.03. The maximum Gasteiger partial charge on any atom is 0.191 e. The average molecular weight is 417 g/mol. The number of likely N-dealkylation sites (tertiary alicyclic amines) is 1. The molecule has 2 saturated heterocycles. The van der Waals surface area contributed by atoms with E-state index in [0.717, 1.165) is 84.2 Å².